The summed E-state index contributed by atoms with van der Waals surface area (Å²) < 4.78 is 36.9. The molecule has 16 heavy (non-hydrogen) atoms. The van der Waals surface area contributed by atoms with Gasteiger partial charge in [0.1, 0.15) is 5.75 Å². The molecular formula is C10H8FNO3S. The first-order valence-corrected chi connectivity index (χ1v) is 5.68. The molecule has 84 valence electrons. The largest absolute Gasteiger partial charge is 0.488 e. The van der Waals surface area contributed by atoms with Gasteiger partial charge in [-0.15, -0.1) is 0 Å². The van der Waals surface area contributed by atoms with E-state index in [1.165, 1.54) is 12.1 Å². The highest BCUT2D eigenvalue weighted by molar-refractivity contribution is 7.81. The van der Waals surface area contributed by atoms with Gasteiger partial charge in [0, 0.05) is 5.69 Å². The topological polar surface area (TPSA) is 69.4 Å². The number of halogens is 1. The van der Waals surface area contributed by atoms with Gasteiger partial charge >= 0.3 is 10.5 Å². The molecule has 0 radical (unpaired) electrons. The normalized spacial score (nSPS) is 11.6. The highest BCUT2D eigenvalue weighted by Crippen LogP contribution is 2.23. The van der Waals surface area contributed by atoms with Gasteiger partial charge in [0.15, 0.2) is 0 Å². The van der Waals surface area contributed by atoms with Crippen molar-refractivity contribution in [1.29, 1.82) is 0 Å². The summed E-state index contributed by atoms with van der Waals surface area (Å²) in [5.74, 6) is -0.0697. The van der Waals surface area contributed by atoms with Gasteiger partial charge in [-0.05, 0) is 35.0 Å². The summed E-state index contributed by atoms with van der Waals surface area (Å²) in [5.41, 5.74) is 6.17. The molecule has 0 aliphatic rings. The summed E-state index contributed by atoms with van der Waals surface area (Å²) in [6.45, 7) is 0. The predicted molar refractivity (Wildman–Crippen MR) is 59.0 cm³/mol. The minimum absolute atomic E-state index is 0.0697. The van der Waals surface area contributed by atoms with Gasteiger partial charge in [0.05, 0.1) is 0 Å². The Morgan fingerprint density at radius 1 is 1.06 bits per heavy atom. The van der Waals surface area contributed by atoms with Crippen LogP contribution in [0.3, 0.4) is 0 Å². The Balaban J connectivity index is 2.49. The van der Waals surface area contributed by atoms with Gasteiger partial charge in [-0.25, -0.2) is 0 Å². The van der Waals surface area contributed by atoms with E-state index in [1.807, 2.05) is 0 Å². The Bertz CT molecular complexity index is 640. The maximum Gasteiger partial charge on any atom is 0.488 e. The molecule has 4 nitrogen and oxygen atoms in total. The van der Waals surface area contributed by atoms with Crippen LogP contribution in [0.4, 0.5) is 9.57 Å². The third-order valence-corrected chi connectivity index (χ3v) is 2.42. The number of rotatable bonds is 2. The first-order chi connectivity index (χ1) is 7.44. The van der Waals surface area contributed by atoms with Gasteiger partial charge in [-0.2, -0.15) is 8.42 Å². The lowest BCUT2D eigenvalue weighted by molar-refractivity contribution is 0.440. The van der Waals surface area contributed by atoms with Gasteiger partial charge in [0.2, 0.25) is 0 Å². The molecule has 0 amide bonds. The zero-order chi connectivity index (χ0) is 11.8. The second kappa shape index (κ2) is 3.64. The fourth-order valence-corrected chi connectivity index (χ4v) is 1.74. The molecule has 2 aromatic carbocycles. The minimum Gasteiger partial charge on any atom is -0.399 e. The molecule has 0 aliphatic heterocycles. The van der Waals surface area contributed by atoms with Crippen molar-refractivity contribution in [2.24, 2.45) is 0 Å². The van der Waals surface area contributed by atoms with E-state index in [9.17, 15) is 12.3 Å². The van der Waals surface area contributed by atoms with Gasteiger partial charge in [-0.1, -0.05) is 16.0 Å². The van der Waals surface area contributed by atoms with E-state index in [4.69, 9.17) is 5.73 Å². The van der Waals surface area contributed by atoms with Crippen molar-refractivity contribution in [2.75, 3.05) is 5.73 Å². The van der Waals surface area contributed by atoms with Gasteiger partial charge in [-0.3, -0.25) is 0 Å². The van der Waals surface area contributed by atoms with Crippen LogP contribution in [-0.2, 0) is 10.5 Å². The maximum absolute atomic E-state index is 12.3. The van der Waals surface area contributed by atoms with Crippen LogP contribution in [0.1, 0.15) is 0 Å². The second-order valence-electron chi connectivity index (χ2n) is 3.24. The lowest BCUT2D eigenvalue weighted by atomic mass is 10.1. The lowest BCUT2D eigenvalue weighted by Crippen LogP contribution is -2.00. The van der Waals surface area contributed by atoms with E-state index in [-0.39, 0.29) is 5.75 Å². The van der Waals surface area contributed by atoms with E-state index >= 15 is 0 Å². The number of benzene rings is 2. The number of nitrogen functional groups attached to an aromatic ring is 1. The molecule has 0 bridgehead atoms. The molecule has 0 heterocycles. The SMILES string of the molecule is Nc1ccc2cc(OS(=O)(=O)F)ccc2c1. The monoisotopic (exact) mass is 241 g/mol. The third kappa shape index (κ3) is 2.40. The van der Waals surface area contributed by atoms with Crippen LogP contribution in [0.25, 0.3) is 10.8 Å². The Hall–Kier alpha value is -1.82. The molecule has 0 saturated carbocycles. The second-order valence-corrected chi connectivity index (χ2v) is 4.20. The average molecular weight is 241 g/mol. The van der Waals surface area contributed by atoms with Crippen molar-refractivity contribution in [3.8, 4) is 5.75 Å². The molecule has 2 rings (SSSR count). The standard InChI is InChI=1S/C10H8FNO3S/c11-16(13,14)15-10-4-2-7-5-9(12)3-1-8(7)6-10/h1-6H,12H2. The first-order valence-electron chi connectivity index (χ1n) is 4.37. The molecule has 0 fully saturated rings. The third-order valence-electron chi connectivity index (χ3n) is 2.03. The van der Waals surface area contributed by atoms with E-state index < -0.39 is 10.5 Å². The van der Waals surface area contributed by atoms with Crippen LogP contribution in [0.15, 0.2) is 36.4 Å². The summed E-state index contributed by atoms with van der Waals surface area (Å²) in [7, 11) is -4.98. The van der Waals surface area contributed by atoms with Crippen molar-refractivity contribution in [1.82, 2.24) is 0 Å². The fraction of sp³-hybridized carbons (Fsp3) is 0. The number of nitrogens with two attached hydrogens (primary N) is 1. The van der Waals surface area contributed by atoms with Crippen molar-refractivity contribution < 1.29 is 16.5 Å². The van der Waals surface area contributed by atoms with Gasteiger partial charge < -0.3 is 9.92 Å². The molecule has 0 aliphatic carbocycles. The predicted octanol–water partition coefficient (Wildman–Crippen LogP) is 2.02. The smallest absolute Gasteiger partial charge is 0.399 e. The Morgan fingerprint density at radius 2 is 1.69 bits per heavy atom. The number of hydrogen-bond acceptors (Lipinski definition) is 4. The average Bonchev–Trinajstić information content (AvgIpc) is 2.16. The molecule has 2 N–H and O–H groups in total. The number of hydrogen-bond donors (Lipinski definition) is 1. The van der Waals surface area contributed by atoms with Crippen LogP contribution in [0.2, 0.25) is 0 Å². The molecule has 6 heteroatoms. The molecule has 0 atom stereocenters. The zero-order valence-corrected chi connectivity index (χ0v) is 8.87. The summed E-state index contributed by atoms with van der Waals surface area (Å²) in [6.07, 6.45) is 0. The summed E-state index contributed by atoms with van der Waals surface area (Å²) >= 11 is 0. The molecule has 2 aromatic rings. The van der Waals surface area contributed by atoms with Crippen LogP contribution < -0.4 is 9.92 Å². The van der Waals surface area contributed by atoms with E-state index in [0.29, 0.717) is 5.69 Å². The Kier molecular flexibility index (Phi) is 2.43. The fourth-order valence-electron chi connectivity index (χ4n) is 1.41. The highest BCUT2D eigenvalue weighted by Gasteiger charge is 2.09. The van der Waals surface area contributed by atoms with E-state index in [2.05, 4.69) is 4.18 Å². The van der Waals surface area contributed by atoms with E-state index in [0.717, 1.165) is 10.8 Å². The van der Waals surface area contributed by atoms with Crippen LogP contribution in [0.5, 0.6) is 5.75 Å². The first kappa shape index (κ1) is 10.7. The van der Waals surface area contributed by atoms with Crippen molar-refractivity contribution >= 4 is 27.0 Å². The Morgan fingerprint density at radius 3 is 2.38 bits per heavy atom. The molecule has 0 aromatic heterocycles. The van der Waals surface area contributed by atoms with Crippen molar-refractivity contribution in [2.45, 2.75) is 0 Å². The van der Waals surface area contributed by atoms with Crippen LogP contribution in [-0.4, -0.2) is 8.42 Å². The summed E-state index contributed by atoms with van der Waals surface area (Å²) in [5, 5.41) is 1.54. The molecule has 0 saturated heterocycles. The summed E-state index contributed by atoms with van der Waals surface area (Å²) in [4.78, 5) is 0. The molecular weight excluding hydrogens is 233 g/mol. The van der Waals surface area contributed by atoms with E-state index in [1.54, 1.807) is 24.3 Å². The van der Waals surface area contributed by atoms with Crippen molar-refractivity contribution in [3.63, 3.8) is 0 Å². The molecule has 0 unspecified atom stereocenters. The van der Waals surface area contributed by atoms with Crippen LogP contribution in [0, 0.1) is 0 Å². The number of fused-ring (bicyclic) bond motifs is 1. The zero-order valence-electron chi connectivity index (χ0n) is 8.05. The Labute approximate surface area is 91.9 Å². The van der Waals surface area contributed by atoms with Gasteiger partial charge in [0.25, 0.3) is 0 Å². The molecule has 0 spiro atoms. The highest BCUT2D eigenvalue weighted by atomic mass is 32.3. The quantitative estimate of drug-likeness (QED) is 0.645. The minimum atomic E-state index is -4.98. The summed E-state index contributed by atoms with van der Waals surface area (Å²) in [6, 6.07) is 9.47. The van der Waals surface area contributed by atoms with Crippen LogP contribution >= 0.6 is 0 Å². The van der Waals surface area contributed by atoms with Crippen molar-refractivity contribution in [3.05, 3.63) is 36.4 Å². The maximum atomic E-state index is 12.3. The number of anilines is 1. The lowest BCUT2D eigenvalue weighted by Gasteiger charge is -2.03.